The van der Waals surface area contributed by atoms with Crippen molar-refractivity contribution in [1.82, 2.24) is 0 Å². The molecular weight excluding hydrogens is 211 g/mol. The number of hydrogen-bond donors (Lipinski definition) is 0. The minimum Gasteiger partial charge on any atom is -0.463 e. The van der Waals surface area contributed by atoms with Crippen LogP contribution in [-0.4, -0.2) is 18.9 Å². The SMILES string of the molecule is COC(=O)C(=O)c1ccc(Cl)cc1F. The number of carbonyl (C=O) groups is 2. The van der Waals surface area contributed by atoms with Gasteiger partial charge in [-0.15, -0.1) is 0 Å². The normalized spacial score (nSPS) is 9.64. The Labute approximate surface area is 84.4 Å². The maximum atomic E-state index is 13.1. The van der Waals surface area contributed by atoms with Gasteiger partial charge in [0, 0.05) is 5.02 Å². The van der Waals surface area contributed by atoms with E-state index >= 15 is 0 Å². The maximum absolute atomic E-state index is 13.1. The Morgan fingerprint density at radius 2 is 2.07 bits per heavy atom. The summed E-state index contributed by atoms with van der Waals surface area (Å²) in [4.78, 5) is 21.9. The third-order valence-electron chi connectivity index (χ3n) is 1.55. The summed E-state index contributed by atoms with van der Waals surface area (Å²) in [6.45, 7) is 0. The molecule has 5 heteroatoms. The maximum Gasteiger partial charge on any atom is 0.379 e. The minimum absolute atomic E-state index is 0.156. The molecular formula is C9H6ClFO3. The fourth-order valence-corrected chi connectivity index (χ4v) is 1.04. The number of esters is 1. The fourth-order valence-electron chi connectivity index (χ4n) is 0.876. The van der Waals surface area contributed by atoms with E-state index in [9.17, 15) is 14.0 Å². The van der Waals surface area contributed by atoms with Gasteiger partial charge in [-0.2, -0.15) is 0 Å². The third kappa shape index (κ3) is 2.09. The van der Waals surface area contributed by atoms with Crippen molar-refractivity contribution in [3.63, 3.8) is 0 Å². The Morgan fingerprint density at radius 1 is 1.43 bits per heavy atom. The van der Waals surface area contributed by atoms with Gasteiger partial charge in [0.15, 0.2) is 0 Å². The molecule has 0 aromatic heterocycles. The molecule has 74 valence electrons. The second-order valence-corrected chi connectivity index (χ2v) is 2.88. The summed E-state index contributed by atoms with van der Waals surface area (Å²) in [6.07, 6.45) is 0. The van der Waals surface area contributed by atoms with Crippen LogP contribution < -0.4 is 0 Å². The summed E-state index contributed by atoms with van der Waals surface area (Å²) in [5.74, 6) is -2.97. The Kier molecular flexibility index (Phi) is 3.19. The van der Waals surface area contributed by atoms with Gasteiger partial charge in [-0.25, -0.2) is 9.18 Å². The molecule has 0 spiro atoms. The van der Waals surface area contributed by atoms with Crippen molar-refractivity contribution < 1.29 is 18.7 Å². The summed E-state index contributed by atoms with van der Waals surface area (Å²) in [5, 5.41) is 0.156. The minimum atomic E-state index is -1.11. The fraction of sp³-hybridized carbons (Fsp3) is 0.111. The first-order valence-corrected chi connectivity index (χ1v) is 4.01. The highest BCUT2D eigenvalue weighted by molar-refractivity contribution is 6.40. The van der Waals surface area contributed by atoms with Gasteiger partial charge in [-0.05, 0) is 18.2 Å². The molecule has 14 heavy (non-hydrogen) atoms. The van der Waals surface area contributed by atoms with Crippen molar-refractivity contribution in [3.8, 4) is 0 Å². The van der Waals surface area contributed by atoms with E-state index < -0.39 is 17.6 Å². The Morgan fingerprint density at radius 3 is 2.57 bits per heavy atom. The molecule has 0 aliphatic rings. The van der Waals surface area contributed by atoms with Crippen LogP contribution in [-0.2, 0) is 9.53 Å². The molecule has 0 radical (unpaired) electrons. The van der Waals surface area contributed by atoms with Crippen LogP contribution in [0.3, 0.4) is 0 Å². The van der Waals surface area contributed by atoms with Crippen molar-refractivity contribution in [2.45, 2.75) is 0 Å². The second kappa shape index (κ2) is 4.19. The highest BCUT2D eigenvalue weighted by Crippen LogP contribution is 2.15. The third-order valence-corrected chi connectivity index (χ3v) is 1.78. The largest absolute Gasteiger partial charge is 0.463 e. The van der Waals surface area contributed by atoms with E-state index in [-0.39, 0.29) is 10.6 Å². The smallest absolute Gasteiger partial charge is 0.379 e. The molecule has 0 bridgehead atoms. The number of hydrogen-bond acceptors (Lipinski definition) is 3. The number of benzene rings is 1. The standard InChI is InChI=1S/C9H6ClFO3/c1-14-9(13)8(12)6-3-2-5(10)4-7(6)11/h2-4H,1H3. The molecule has 0 atom stereocenters. The Balaban J connectivity index is 3.08. The van der Waals surface area contributed by atoms with Crippen LogP contribution in [0.1, 0.15) is 10.4 Å². The average molecular weight is 217 g/mol. The molecule has 1 aromatic carbocycles. The van der Waals surface area contributed by atoms with Gasteiger partial charge in [-0.1, -0.05) is 11.6 Å². The van der Waals surface area contributed by atoms with Crippen LogP contribution in [0, 0.1) is 5.82 Å². The lowest BCUT2D eigenvalue weighted by atomic mass is 10.1. The lowest BCUT2D eigenvalue weighted by Crippen LogP contribution is -2.16. The first-order chi connectivity index (χ1) is 6.56. The van der Waals surface area contributed by atoms with Gasteiger partial charge >= 0.3 is 5.97 Å². The molecule has 0 saturated carbocycles. The molecule has 0 aliphatic heterocycles. The van der Waals surface area contributed by atoms with Crippen LogP contribution in [0.2, 0.25) is 5.02 Å². The van der Waals surface area contributed by atoms with Crippen molar-refractivity contribution in [2.24, 2.45) is 0 Å². The van der Waals surface area contributed by atoms with E-state index in [4.69, 9.17) is 11.6 Å². The second-order valence-electron chi connectivity index (χ2n) is 2.44. The van der Waals surface area contributed by atoms with Crippen molar-refractivity contribution in [1.29, 1.82) is 0 Å². The molecule has 0 saturated heterocycles. The summed E-state index contributed by atoms with van der Waals surface area (Å²) >= 11 is 5.47. The van der Waals surface area contributed by atoms with Gasteiger partial charge in [0.2, 0.25) is 0 Å². The first-order valence-electron chi connectivity index (χ1n) is 3.64. The van der Waals surface area contributed by atoms with Gasteiger partial charge in [0.1, 0.15) is 5.82 Å². The van der Waals surface area contributed by atoms with Crippen LogP contribution in [0.15, 0.2) is 18.2 Å². The van der Waals surface area contributed by atoms with E-state index in [0.29, 0.717) is 0 Å². The Hall–Kier alpha value is -1.42. The molecule has 0 N–H and O–H groups in total. The molecule has 0 aliphatic carbocycles. The summed E-state index contributed by atoms with van der Waals surface area (Å²) in [6, 6.07) is 3.41. The zero-order valence-electron chi connectivity index (χ0n) is 7.21. The summed E-state index contributed by atoms with van der Waals surface area (Å²) in [5.41, 5.74) is -0.346. The number of rotatable bonds is 2. The summed E-state index contributed by atoms with van der Waals surface area (Å²) < 4.78 is 17.2. The molecule has 0 unspecified atom stereocenters. The average Bonchev–Trinajstić information content (AvgIpc) is 2.15. The zero-order chi connectivity index (χ0) is 10.7. The Bertz CT molecular complexity index is 390. The highest BCUT2D eigenvalue weighted by atomic mass is 35.5. The molecule has 1 rings (SSSR count). The molecule has 3 nitrogen and oxygen atoms in total. The molecule has 1 aromatic rings. The predicted octanol–water partition coefficient (Wildman–Crippen LogP) is 1.83. The number of carbonyl (C=O) groups excluding carboxylic acids is 2. The van der Waals surface area contributed by atoms with Gasteiger partial charge in [-0.3, -0.25) is 4.79 Å². The number of Topliss-reactive ketones (excluding diaryl/α,β-unsaturated/α-hetero) is 1. The highest BCUT2D eigenvalue weighted by Gasteiger charge is 2.20. The topological polar surface area (TPSA) is 43.4 Å². The van der Waals surface area contributed by atoms with Crippen molar-refractivity contribution in [3.05, 3.63) is 34.6 Å². The lowest BCUT2D eigenvalue weighted by molar-refractivity contribution is -0.135. The van der Waals surface area contributed by atoms with Crippen molar-refractivity contribution >= 4 is 23.4 Å². The van der Waals surface area contributed by atoms with E-state index in [2.05, 4.69) is 4.74 Å². The van der Waals surface area contributed by atoms with Gasteiger partial charge < -0.3 is 4.74 Å². The monoisotopic (exact) mass is 216 g/mol. The van der Waals surface area contributed by atoms with E-state index in [1.165, 1.54) is 6.07 Å². The quantitative estimate of drug-likeness (QED) is 0.430. The molecule has 0 fully saturated rings. The van der Waals surface area contributed by atoms with E-state index in [1.54, 1.807) is 0 Å². The predicted molar refractivity (Wildman–Crippen MR) is 47.8 cm³/mol. The van der Waals surface area contributed by atoms with Crippen molar-refractivity contribution in [2.75, 3.05) is 7.11 Å². The molecule has 0 amide bonds. The van der Waals surface area contributed by atoms with Crippen LogP contribution in [0.25, 0.3) is 0 Å². The van der Waals surface area contributed by atoms with E-state index in [0.717, 1.165) is 19.2 Å². The summed E-state index contributed by atoms with van der Waals surface area (Å²) in [7, 11) is 1.05. The first kappa shape index (κ1) is 10.7. The number of ketones is 1. The van der Waals surface area contributed by atoms with E-state index in [1.807, 2.05) is 0 Å². The van der Waals surface area contributed by atoms with Gasteiger partial charge in [0.05, 0.1) is 12.7 Å². The number of halogens is 2. The van der Waals surface area contributed by atoms with Gasteiger partial charge in [0.25, 0.3) is 5.78 Å². The lowest BCUT2D eigenvalue weighted by Gasteiger charge is -2.00. The molecule has 0 heterocycles. The zero-order valence-corrected chi connectivity index (χ0v) is 7.97. The number of methoxy groups -OCH3 is 1. The number of ether oxygens (including phenoxy) is 1. The van der Waals surface area contributed by atoms with Crippen LogP contribution in [0.5, 0.6) is 0 Å². The van der Waals surface area contributed by atoms with Crippen LogP contribution >= 0.6 is 11.6 Å². The van der Waals surface area contributed by atoms with Crippen LogP contribution in [0.4, 0.5) is 4.39 Å².